The Bertz CT molecular complexity index is 415. The molecule has 104 valence electrons. The number of benzene rings is 1. The van der Waals surface area contributed by atoms with Gasteiger partial charge in [-0.3, -0.25) is 0 Å². The molecule has 0 bridgehead atoms. The van der Waals surface area contributed by atoms with Crippen LogP contribution in [0.15, 0.2) is 24.3 Å². The lowest BCUT2D eigenvalue weighted by molar-refractivity contribution is 0.192. The fraction of sp³-hybridized carbons (Fsp3) is 0.647. The Morgan fingerprint density at radius 3 is 2.42 bits per heavy atom. The van der Waals surface area contributed by atoms with E-state index in [1.807, 2.05) is 0 Å². The average Bonchev–Trinajstić information content (AvgIpc) is 2.37. The van der Waals surface area contributed by atoms with Crippen molar-refractivity contribution in [2.24, 2.45) is 0 Å². The van der Waals surface area contributed by atoms with Gasteiger partial charge in [0.25, 0.3) is 0 Å². The summed E-state index contributed by atoms with van der Waals surface area (Å²) in [5, 5.41) is 3.87. The summed E-state index contributed by atoms with van der Waals surface area (Å²) < 4.78 is 0. The number of piperidine rings is 1. The molecule has 0 atom stereocenters. The van der Waals surface area contributed by atoms with Crippen LogP contribution in [0.25, 0.3) is 0 Å². The maximum absolute atomic E-state index is 3.87. The van der Waals surface area contributed by atoms with Crippen LogP contribution < -0.4 is 5.32 Å². The maximum Gasteiger partial charge on any atom is 0.00940 e. The number of nitrogens with one attached hydrogen (secondary N) is 1. The van der Waals surface area contributed by atoms with Crippen molar-refractivity contribution >= 4 is 0 Å². The van der Waals surface area contributed by atoms with Crippen molar-refractivity contribution in [3.63, 3.8) is 0 Å². The van der Waals surface area contributed by atoms with Crippen molar-refractivity contribution in [2.75, 3.05) is 20.1 Å². The Balaban J connectivity index is 1.47. The smallest absolute Gasteiger partial charge is 0.00940 e. The van der Waals surface area contributed by atoms with E-state index in [1.165, 1.54) is 44.3 Å². The van der Waals surface area contributed by atoms with Crippen molar-refractivity contribution in [2.45, 2.75) is 50.6 Å². The molecule has 2 heteroatoms. The molecule has 1 aliphatic carbocycles. The molecule has 1 aromatic rings. The first-order valence-corrected chi connectivity index (χ1v) is 7.72. The lowest BCUT2D eigenvalue weighted by Crippen LogP contribution is -2.49. The van der Waals surface area contributed by atoms with Crippen LogP contribution in [0.5, 0.6) is 0 Å². The van der Waals surface area contributed by atoms with Gasteiger partial charge in [0.1, 0.15) is 0 Å². The van der Waals surface area contributed by atoms with Gasteiger partial charge in [-0.05, 0) is 69.8 Å². The first-order chi connectivity index (χ1) is 9.22. The predicted molar refractivity (Wildman–Crippen MR) is 80.6 cm³/mol. The Kier molecular flexibility index (Phi) is 3.90. The molecular weight excluding hydrogens is 232 g/mol. The SMILES string of the molecule is Cc1ccccc1C1CC(NC2CCN(C)CC2)C1. The van der Waals surface area contributed by atoms with Crippen LogP contribution in [0.4, 0.5) is 0 Å². The molecule has 19 heavy (non-hydrogen) atoms. The maximum atomic E-state index is 3.87. The summed E-state index contributed by atoms with van der Waals surface area (Å²) in [6.45, 7) is 4.75. The fourth-order valence-corrected chi connectivity index (χ4v) is 3.56. The molecule has 1 saturated heterocycles. The largest absolute Gasteiger partial charge is 0.311 e. The zero-order chi connectivity index (χ0) is 13.2. The molecule has 0 radical (unpaired) electrons. The van der Waals surface area contributed by atoms with Crippen molar-refractivity contribution in [1.82, 2.24) is 10.2 Å². The van der Waals surface area contributed by atoms with Crippen LogP contribution in [0.1, 0.15) is 42.7 Å². The monoisotopic (exact) mass is 258 g/mol. The summed E-state index contributed by atoms with van der Waals surface area (Å²) >= 11 is 0. The molecule has 0 aromatic heterocycles. The molecule has 2 nitrogen and oxygen atoms in total. The minimum Gasteiger partial charge on any atom is -0.311 e. The van der Waals surface area contributed by atoms with E-state index >= 15 is 0 Å². The molecule has 1 saturated carbocycles. The van der Waals surface area contributed by atoms with Gasteiger partial charge >= 0.3 is 0 Å². The van der Waals surface area contributed by atoms with Gasteiger partial charge in [-0.15, -0.1) is 0 Å². The molecular formula is C17H26N2. The highest BCUT2D eigenvalue weighted by Crippen LogP contribution is 2.38. The van der Waals surface area contributed by atoms with Gasteiger partial charge in [-0.1, -0.05) is 24.3 Å². The molecule has 0 amide bonds. The Morgan fingerprint density at radius 1 is 1.05 bits per heavy atom. The van der Waals surface area contributed by atoms with Crippen LogP contribution in [0, 0.1) is 6.92 Å². The molecule has 1 aromatic carbocycles. The lowest BCUT2D eigenvalue weighted by Gasteiger charge is -2.41. The molecule has 1 aliphatic heterocycles. The zero-order valence-corrected chi connectivity index (χ0v) is 12.2. The average molecular weight is 258 g/mol. The second-order valence-electron chi connectivity index (χ2n) is 6.47. The number of hydrogen-bond acceptors (Lipinski definition) is 2. The van der Waals surface area contributed by atoms with Crippen molar-refractivity contribution in [1.29, 1.82) is 0 Å². The summed E-state index contributed by atoms with van der Waals surface area (Å²) in [6, 6.07) is 10.4. The van der Waals surface area contributed by atoms with Crippen LogP contribution in [0.3, 0.4) is 0 Å². The first kappa shape index (κ1) is 13.1. The van der Waals surface area contributed by atoms with E-state index < -0.39 is 0 Å². The predicted octanol–water partition coefficient (Wildman–Crippen LogP) is 2.92. The Morgan fingerprint density at radius 2 is 1.74 bits per heavy atom. The second-order valence-corrected chi connectivity index (χ2v) is 6.47. The van der Waals surface area contributed by atoms with Gasteiger partial charge in [-0.2, -0.15) is 0 Å². The van der Waals surface area contributed by atoms with Gasteiger partial charge in [-0.25, -0.2) is 0 Å². The summed E-state index contributed by atoms with van der Waals surface area (Å²) in [6.07, 6.45) is 5.30. The zero-order valence-electron chi connectivity index (χ0n) is 12.2. The van der Waals surface area contributed by atoms with Gasteiger partial charge in [0, 0.05) is 12.1 Å². The topological polar surface area (TPSA) is 15.3 Å². The third-order valence-electron chi connectivity index (χ3n) is 4.96. The van der Waals surface area contributed by atoms with Crippen LogP contribution in [-0.4, -0.2) is 37.1 Å². The summed E-state index contributed by atoms with van der Waals surface area (Å²) in [7, 11) is 2.23. The summed E-state index contributed by atoms with van der Waals surface area (Å²) in [5.74, 6) is 0.796. The highest BCUT2D eigenvalue weighted by Gasteiger charge is 2.32. The van der Waals surface area contributed by atoms with Gasteiger partial charge in [0.2, 0.25) is 0 Å². The second kappa shape index (κ2) is 5.64. The van der Waals surface area contributed by atoms with Crippen molar-refractivity contribution < 1.29 is 0 Å². The van der Waals surface area contributed by atoms with Gasteiger partial charge in [0.05, 0.1) is 0 Å². The van der Waals surface area contributed by atoms with E-state index in [0.29, 0.717) is 0 Å². The van der Waals surface area contributed by atoms with Crippen molar-refractivity contribution in [3.8, 4) is 0 Å². The third-order valence-corrected chi connectivity index (χ3v) is 4.96. The van der Waals surface area contributed by atoms with Gasteiger partial charge < -0.3 is 10.2 Å². The highest BCUT2D eigenvalue weighted by molar-refractivity contribution is 5.31. The van der Waals surface area contributed by atoms with E-state index in [1.54, 1.807) is 5.56 Å². The van der Waals surface area contributed by atoms with Crippen LogP contribution in [-0.2, 0) is 0 Å². The Labute approximate surface area is 117 Å². The number of hydrogen-bond donors (Lipinski definition) is 1. The summed E-state index contributed by atoms with van der Waals surface area (Å²) in [4.78, 5) is 2.44. The van der Waals surface area contributed by atoms with E-state index in [4.69, 9.17) is 0 Å². The molecule has 2 fully saturated rings. The molecule has 1 heterocycles. The molecule has 1 N–H and O–H groups in total. The van der Waals surface area contributed by atoms with E-state index in [0.717, 1.165) is 18.0 Å². The van der Waals surface area contributed by atoms with Crippen LogP contribution >= 0.6 is 0 Å². The number of rotatable bonds is 3. The minimum atomic E-state index is 0.762. The minimum absolute atomic E-state index is 0.762. The Hall–Kier alpha value is -0.860. The van der Waals surface area contributed by atoms with Gasteiger partial charge in [0.15, 0.2) is 0 Å². The fourth-order valence-electron chi connectivity index (χ4n) is 3.56. The lowest BCUT2D eigenvalue weighted by atomic mass is 9.74. The quantitative estimate of drug-likeness (QED) is 0.897. The van der Waals surface area contributed by atoms with E-state index in [2.05, 4.69) is 48.5 Å². The molecule has 2 aliphatic rings. The number of nitrogens with zero attached hydrogens (tertiary/aromatic N) is 1. The summed E-state index contributed by atoms with van der Waals surface area (Å²) in [5.41, 5.74) is 3.04. The van der Waals surface area contributed by atoms with Crippen molar-refractivity contribution in [3.05, 3.63) is 35.4 Å². The molecule has 0 unspecified atom stereocenters. The standard InChI is InChI=1S/C17H26N2/c1-13-5-3-4-6-17(13)14-11-16(12-14)18-15-7-9-19(2)10-8-15/h3-6,14-16,18H,7-12H2,1-2H3. The molecule has 0 spiro atoms. The first-order valence-electron chi connectivity index (χ1n) is 7.72. The van der Waals surface area contributed by atoms with E-state index in [9.17, 15) is 0 Å². The third kappa shape index (κ3) is 3.01. The normalized spacial score (nSPS) is 29.2. The van der Waals surface area contributed by atoms with E-state index in [-0.39, 0.29) is 0 Å². The number of aryl methyl sites for hydroxylation is 1. The molecule has 3 rings (SSSR count). The highest BCUT2D eigenvalue weighted by atomic mass is 15.1. The van der Waals surface area contributed by atoms with Crippen LogP contribution in [0.2, 0.25) is 0 Å². The number of likely N-dealkylation sites (tertiary alicyclic amines) is 1.